The van der Waals surface area contributed by atoms with Crippen LogP contribution in [0.4, 0.5) is 11.5 Å². The van der Waals surface area contributed by atoms with Crippen LogP contribution in [-0.4, -0.2) is 53.8 Å². The minimum absolute atomic E-state index is 0.0600. The first kappa shape index (κ1) is 23.7. The average molecular weight is 476 g/mol. The number of nitrogens with one attached hydrogen (secondary N) is 1. The Kier molecular flexibility index (Phi) is 6.91. The SMILES string of the molecule is CCOC(=O)c1cnn(-c2ccccc2)c1NC(=O)C1CC(=O)N(c2ccccc2C(=O)OC)C1. The van der Waals surface area contributed by atoms with Gasteiger partial charge in [-0.2, -0.15) is 5.10 Å². The van der Waals surface area contributed by atoms with Crippen LogP contribution in [0.5, 0.6) is 0 Å². The molecule has 35 heavy (non-hydrogen) atoms. The van der Waals surface area contributed by atoms with E-state index in [9.17, 15) is 19.2 Å². The molecule has 0 radical (unpaired) electrons. The van der Waals surface area contributed by atoms with Crippen LogP contribution >= 0.6 is 0 Å². The lowest BCUT2D eigenvalue weighted by molar-refractivity contribution is -0.122. The molecule has 2 heterocycles. The number of hydrogen-bond acceptors (Lipinski definition) is 7. The third kappa shape index (κ3) is 4.77. The predicted molar refractivity (Wildman–Crippen MR) is 126 cm³/mol. The molecular formula is C25H24N4O6. The first-order chi connectivity index (χ1) is 16.9. The minimum atomic E-state index is -0.720. The molecule has 2 aromatic carbocycles. The van der Waals surface area contributed by atoms with Crippen molar-refractivity contribution in [2.45, 2.75) is 13.3 Å². The number of amides is 2. The summed E-state index contributed by atoms with van der Waals surface area (Å²) >= 11 is 0. The van der Waals surface area contributed by atoms with E-state index in [0.717, 1.165) is 0 Å². The number of hydrogen-bond donors (Lipinski definition) is 1. The number of ether oxygens (including phenoxy) is 2. The minimum Gasteiger partial charge on any atom is -0.465 e. The lowest BCUT2D eigenvalue weighted by Crippen LogP contribution is -2.30. The number of methoxy groups -OCH3 is 1. The normalized spacial score (nSPS) is 15.1. The van der Waals surface area contributed by atoms with E-state index in [1.807, 2.05) is 6.07 Å². The van der Waals surface area contributed by atoms with Gasteiger partial charge in [0.05, 0.1) is 42.8 Å². The molecule has 1 aliphatic rings. The van der Waals surface area contributed by atoms with E-state index in [2.05, 4.69) is 10.4 Å². The number of rotatable bonds is 7. The summed E-state index contributed by atoms with van der Waals surface area (Å²) in [7, 11) is 1.26. The van der Waals surface area contributed by atoms with Gasteiger partial charge in [0.15, 0.2) is 5.82 Å². The van der Waals surface area contributed by atoms with E-state index in [0.29, 0.717) is 11.4 Å². The van der Waals surface area contributed by atoms with Crippen LogP contribution in [-0.2, 0) is 19.1 Å². The van der Waals surface area contributed by atoms with Crippen LogP contribution in [0.1, 0.15) is 34.1 Å². The third-order valence-corrected chi connectivity index (χ3v) is 5.60. The zero-order chi connectivity index (χ0) is 24.9. The summed E-state index contributed by atoms with van der Waals surface area (Å²) in [6.07, 6.45) is 1.27. The summed E-state index contributed by atoms with van der Waals surface area (Å²) in [5.74, 6) is -2.53. The topological polar surface area (TPSA) is 120 Å². The van der Waals surface area contributed by atoms with Crippen LogP contribution in [0.2, 0.25) is 0 Å². The fourth-order valence-corrected chi connectivity index (χ4v) is 3.92. The summed E-state index contributed by atoms with van der Waals surface area (Å²) in [6.45, 7) is 1.91. The Morgan fingerprint density at radius 2 is 1.74 bits per heavy atom. The number of nitrogens with zero attached hydrogens (tertiary/aromatic N) is 3. The van der Waals surface area contributed by atoms with Crippen molar-refractivity contribution in [1.29, 1.82) is 0 Å². The lowest BCUT2D eigenvalue weighted by atomic mass is 10.1. The van der Waals surface area contributed by atoms with Gasteiger partial charge >= 0.3 is 11.9 Å². The quantitative estimate of drug-likeness (QED) is 0.521. The van der Waals surface area contributed by atoms with Crippen molar-refractivity contribution in [3.8, 4) is 5.69 Å². The van der Waals surface area contributed by atoms with Crippen LogP contribution in [0.25, 0.3) is 5.69 Å². The fraction of sp³-hybridized carbons (Fsp3) is 0.240. The lowest BCUT2D eigenvalue weighted by Gasteiger charge is -2.19. The Morgan fingerprint density at radius 1 is 1.03 bits per heavy atom. The molecule has 1 aliphatic heterocycles. The van der Waals surface area contributed by atoms with Gasteiger partial charge in [-0.05, 0) is 31.2 Å². The zero-order valence-corrected chi connectivity index (χ0v) is 19.3. The van der Waals surface area contributed by atoms with Gasteiger partial charge in [0, 0.05) is 13.0 Å². The molecule has 1 N–H and O–H groups in total. The fourth-order valence-electron chi connectivity index (χ4n) is 3.92. The van der Waals surface area contributed by atoms with Crippen LogP contribution in [0.15, 0.2) is 60.8 Å². The Bertz CT molecular complexity index is 1270. The predicted octanol–water partition coefficient (Wildman–Crippen LogP) is 2.83. The van der Waals surface area contributed by atoms with Gasteiger partial charge in [0.2, 0.25) is 11.8 Å². The summed E-state index contributed by atoms with van der Waals surface area (Å²) in [5.41, 5.74) is 1.34. The molecule has 10 heteroatoms. The molecule has 1 unspecified atom stereocenters. The van der Waals surface area contributed by atoms with Crippen molar-refractivity contribution in [2.24, 2.45) is 5.92 Å². The van der Waals surface area contributed by atoms with Gasteiger partial charge in [0.1, 0.15) is 5.56 Å². The number of para-hydroxylation sites is 2. The zero-order valence-electron chi connectivity index (χ0n) is 19.3. The molecule has 3 aromatic rings. The molecule has 0 aliphatic carbocycles. The molecular weight excluding hydrogens is 452 g/mol. The van der Waals surface area contributed by atoms with Crippen LogP contribution in [0.3, 0.4) is 0 Å². The second-order valence-electron chi connectivity index (χ2n) is 7.78. The first-order valence-electron chi connectivity index (χ1n) is 11.0. The molecule has 180 valence electrons. The van der Waals surface area contributed by atoms with E-state index < -0.39 is 23.8 Å². The Balaban J connectivity index is 1.60. The molecule has 4 rings (SSSR count). The van der Waals surface area contributed by atoms with Crippen LogP contribution < -0.4 is 10.2 Å². The Labute approximate surface area is 201 Å². The van der Waals surface area contributed by atoms with Gasteiger partial charge in [-0.25, -0.2) is 14.3 Å². The molecule has 1 fully saturated rings. The number of carbonyl (C=O) groups excluding carboxylic acids is 4. The molecule has 1 atom stereocenters. The molecule has 1 aromatic heterocycles. The van der Waals surface area contributed by atoms with Gasteiger partial charge in [-0.1, -0.05) is 30.3 Å². The van der Waals surface area contributed by atoms with Crippen molar-refractivity contribution < 1.29 is 28.7 Å². The molecule has 0 spiro atoms. The molecule has 1 saturated heterocycles. The monoisotopic (exact) mass is 476 g/mol. The second kappa shape index (κ2) is 10.2. The smallest absolute Gasteiger partial charge is 0.343 e. The summed E-state index contributed by atoms with van der Waals surface area (Å²) in [6, 6.07) is 15.6. The number of benzene rings is 2. The molecule has 0 bridgehead atoms. The number of aromatic nitrogens is 2. The van der Waals surface area contributed by atoms with Crippen molar-refractivity contribution >= 4 is 35.3 Å². The Hall–Kier alpha value is -4.47. The Morgan fingerprint density at radius 3 is 2.46 bits per heavy atom. The maximum atomic E-state index is 13.3. The molecule has 2 amide bonds. The highest BCUT2D eigenvalue weighted by molar-refractivity contribution is 6.08. The van der Waals surface area contributed by atoms with E-state index >= 15 is 0 Å². The maximum Gasteiger partial charge on any atom is 0.343 e. The first-order valence-corrected chi connectivity index (χ1v) is 11.0. The van der Waals surface area contributed by atoms with E-state index in [4.69, 9.17) is 9.47 Å². The second-order valence-corrected chi connectivity index (χ2v) is 7.78. The highest BCUT2D eigenvalue weighted by Gasteiger charge is 2.37. The van der Waals surface area contributed by atoms with E-state index in [1.165, 1.54) is 22.9 Å². The molecule has 0 saturated carbocycles. The largest absolute Gasteiger partial charge is 0.465 e. The molecule has 10 nitrogen and oxygen atoms in total. The number of esters is 2. The number of anilines is 2. The van der Waals surface area contributed by atoms with Gasteiger partial charge in [0.25, 0.3) is 0 Å². The summed E-state index contributed by atoms with van der Waals surface area (Å²) in [5, 5.41) is 7.03. The van der Waals surface area contributed by atoms with E-state index in [1.54, 1.807) is 55.5 Å². The third-order valence-electron chi connectivity index (χ3n) is 5.60. The van der Waals surface area contributed by atoms with Crippen molar-refractivity contribution in [2.75, 3.05) is 30.5 Å². The average Bonchev–Trinajstić information content (AvgIpc) is 3.48. The van der Waals surface area contributed by atoms with Gasteiger partial charge < -0.3 is 19.7 Å². The highest BCUT2D eigenvalue weighted by atomic mass is 16.5. The van der Waals surface area contributed by atoms with Crippen LogP contribution in [0, 0.1) is 5.92 Å². The maximum absolute atomic E-state index is 13.3. The standard InChI is InChI=1S/C25H24N4O6/c1-3-35-25(33)19-14-26-29(17-9-5-4-6-10-17)22(19)27-23(31)16-13-21(30)28(15-16)20-12-8-7-11-18(20)24(32)34-2/h4-12,14,16H,3,13,15H2,1-2H3,(H,27,31). The highest BCUT2D eigenvalue weighted by Crippen LogP contribution is 2.30. The summed E-state index contributed by atoms with van der Waals surface area (Å²) in [4.78, 5) is 52.1. The van der Waals surface area contributed by atoms with Crippen molar-refractivity contribution in [3.63, 3.8) is 0 Å². The number of carbonyl (C=O) groups is 4. The van der Waals surface area contributed by atoms with Crippen molar-refractivity contribution in [1.82, 2.24) is 9.78 Å². The van der Waals surface area contributed by atoms with Gasteiger partial charge in [-0.15, -0.1) is 0 Å². The van der Waals surface area contributed by atoms with Crippen molar-refractivity contribution in [3.05, 3.63) is 71.9 Å². The summed E-state index contributed by atoms with van der Waals surface area (Å²) < 4.78 is 11.4. The van der Waals surface area contributed by atoms with Gasteiger partial charge in [-0.3, -0.25) is 9.59 Å². The van der Waals surface area contributed by atoms with E-state index in [-0.39, 0.29) is 42.4 Å².